The van der Waals surface area contributed by atoms with Crippen molar-refractivity contribution in [3.8, 4) is 5.75 Å². The molecule has 33 heavy (non-hydrogen) atoms. The first-order chi connectivity index (χ1) is 16.0. The molecule has 3 heterocycles. The van der Waals surface area contributed by atoms with Crippen LogP contribution in [0.1, 0.15) is 21.8 Å². The summed E-state index contributed by atoms with van der Waals surface area (Å²) < 4.78 is 10.4. The van der Waals surface area contributed by atoms with E-state index in [0.29, 0.717) is 48.5 Å². The minimum absolute atomic E-state index is 0.0305. The van der Waals surface area contributed by atoms with Crippen LogP contribution in [-0.4, -0.2) is 64.9 Å². The fraction of sp³-hybridized carbons (Fsp3) is 0.304. The average molecular weight is 469 g/mol. The first-order valence-electron chi connectivity index (χ1n) is 10.5. The summed E-state index contributed by atoms with van der Waals surface area (Å²) in [4.78, 5) is 47.8. The molecule has 1 fully saturated rings. The van der Waals surface area contributed by atoms with Gasteiger partial charge in [0.05, 0.1) is 25.5 Å². The number of benzene rings is 1. The number of carbonyl (C=O) groups excluding carboxylic acids is 2. The highest BCUT2D eigenvalue weighted by atomic mass is 32.2. The zero-order chi connectivity index (χ0) is 23.2. The van der Waals surface area contributed by atoms with Gasteiger partial charge in [0.2, 0.25) is 5.91 Å². The number of amides is 2. The van der Waals surface area contributed by atoms with Crippen molar-refractivity contribution in [2.24, 2.45) is 0 Å². The van der Waals surface area contributed by atoms with Crippen LogP contribution in [0.2, 0.25) is 0 Å². The first kappa shape index (κ1) is 22.7. The third kappa shape index (κ3) is 5.83. The molecular formula is C23H24N4O5S. The minimum Gasteiger partial charge on any atom is -0.497 e. The standard InChI is InChI=1S/C23H24N4O5S/c1-31-18-5-2-4-16(12-18)15-33-23-24-17(13-20(28)25-23)14-21(29)26-7-9-27(10-8-26)22(30)19-6-3-11-32-19/h2-6,11-13H,7-10,14-15H2,1H3,(H,24,25,28). The van der Waals surface area contributed by atoms with E-state index < -0.39 is 0 Å². The number of rotatable bonds is 7. The minimum atomic E-state index is -0.296. The summed E-state index contributed by atoms with van der Waals surface area (Å²) in [6.07, 6.45) is 1.49. The fourth-order valence-electron chi connectivity index (χ4n) is 3.54. The number of aromatic amines is 1. The second kappa shape index (κ2) is 10.4. The van der Waals surface area contributed by atoms with Crippen LogP contribution in [0.25, 0.3) is 0 Å². The number of piperazine rings is 1. The second-order valence-corrected chi connectivity index (χ2v) is 8.47. The summed E-state index contributed by atoms with van der Waals surface area (Å²) in [7, 11) is 1.61. The average Bonchev–Trinajstić information content (AvgIpc) is 3.37. The lowest BCUT2D eigenvalue weighted by atomic mass is 10.2. The number of hydrogen-bond donors (Lipinski definition) is 1. The Morgan fingerprint density at radius 2 is 1.91 bits per heavy atom. The molecule has 10 heteroatoms. The van der Waals surface area contributed by atoms with Crippen molar-refractivity contribution >= 4 is 23.6 Å². The van der Waals surface area contributed by atoms with E-state index in [1.165, 1.54) is 24.1 Å². The molecule has 2 aromatic heterocycles. The molecule has 1 saturated heterocycles. The molecule has 0 aliphatic carbocycles. The van der Waals surface area contributed by atoms with E-state index in [-0.39, 0.29) is 23.8 Å². The zero-order valence-corrected chi connectivity index (χ0v) is 19.0. The van der Waals surface area contributed by atoms with Gasteiger partial charge in [-0.25, -0.2) is 4.98 Å². The van der Waals surface area contributed by atoms with Gasteiger partial charge in [-0.1, -0.05) is 23.9 Å². The number of furan rings is 1. The van der Waals surface area contributed by atoms with E-state index in [9.17, 15) is 14.4 Å². The molecule has 1 aliphatic rings. The smallest absolute Gasteiger partial charge is 0.289 e. The van der Waals surface area contributed by atoms with Crippen LogP contribution in [0.4, 0.5) is 0 Å². The van der Waals surface area contributed by atoms with Crippen molar-refractivity contribution < 1.29 is 18.7 Å². The normalized spacial score (nSPS) is 13.7. The van der Waals surface area contributed by atoms with Gasteiger partial charge < -0.3 is 23.9 Å². The van der Waals surface area contributed by atoms with Crippen LogP contribution < -0.4 is 10.3 Å². The molecule has 0 bridgehead atoms. The van der Waals surface area contributed by atoms with E-state index in [4.69, 9.17) is 9.15 Å². The maximum Gasteiger partial charge on any atom is 0.289 e. The Morgan fingerprint density at radius 3 is 2.64 bits per heavy atom. The van der Waals surface area contributed by atoms with E-state index >= 15 is 0 Å². The number of nitrogens with zero attached hydrogens (tertiary/aromatic N) is 3. The van der Waals surface area contributed by atoms with Crippen molar-refractivity contribution in [2.45, 2.75) is 17.3 Å². The van der Waals surface area contributed by atoms with Crippen LogP contribution in [0.15, 0.2) is 63.1 Å². The summed E-state index contributed by atoms with van der Waals surface area (Å²) >= 11 is 1.39. The predicted molar refractivity (Wildman–Crippen MR) is 122 cm³/mol. The highest BCUT2D eigenvalue weighted by Gasteiger charge is 2.26. The van der Waals surface area contributed by atoms with Crippen LogP contribution in [0, 0.1) is 0 Å². The number of aromatic nitrogens is 2. The Kier molecular flexibility index (Phi) is 7.13. The number of carbonyl (C=O) groups is 2. The fourth-order valence-corrected chi connectivity index (χ4v) is 4.38. The van der Waals surface area contributed by atoms with Crippen LogP contribution in [0.5, 0.6) is 5.75 Å². The van der Waals surface area contributed by atoms with E-state index in [2.05, 4.69) is 9.97 Å². The maximum absolute atomic E-state index is 12.8. The Bertz CT molecular complexity index is 1170. The molecule has 0 atom stereocenters. The monoisotopic (exact) mass is 468 g/mol. The lowest BCUT2D eigenvalue weighted by molar-refractivity contribution is -0.132. The van der Waals surface area contributed by atoms with E-state index in [0.717, 1.165) is 11.3 Å². The van der Waals surface area contributed by atoms with Gasteiger partial charge in [-0.2, -0.15) is 0 Å². The molecule has 1 aliphatic heterocycles. The SMILES string of the molecule is COc1cccc(CSc2nc(CC(=O)N3CCN(C(=O)c4ccco4)CC3)cc(=O)[nH]2)c1. The molecule has 1 N–H and O–H groups in total. The van der Waals surface area contributed by atoms with Gasteiger partial charge in [0, 0.05) is 38.0 Å². The van der Waals surface area contributed by atoms with Crippen molar-refractivity contribution in [1.82, 2.24) is 19.8 Å². The Morgan fingerprint density at radius 1 is 1.12 bits per heavy atom. The maximum atomic E-state index is 12.8. The molecule has 0 radical (unpaired) electrons. The van der Waals surface area contributed by atoms with Gasteiger partial charge in [-0.3, -0.25) is 14.4 Å². The predicted octanol–water partition coefficient (Wildman–Crippen LogP) is 2.19. The van der Waals surface area contributed by atoms with Gasteiger partial charge in [0.25, 0.3) is 11.5 Å². The van der Waals surface area contributed by atoms with Crippen LogP contribution in [-0.2, 0) is 17.0 Å². The van der Waals surface area contributed by atoms with Crippen LogP contribution >= 0.6 is 11.8 Å². The molecule has 9 nitrogen and oxygen atoms in total. The molecule has 0 unspecified atom stereocenters. The van der Waals surface area contributed by atoms with Gasteiger partial charge in [0.1, 0.15) is 5.75 Å². The van der Waals surface area contributed by atoms with Crippen molar-refractivity contribution in [3.05, 3.63) is 76.1 Å². The number of thioether (sulfide) groups is 1. The molecular weight excluding hydrogens is 444 g/mol. The number of hydrogen-bond acceptors (Lipinski definition) is 7. The summed E-state index contributed by atoms with van der Waals surface area (Å²) in [5.41, 5.74) is 1.16. The summed E-state index contributed by atoms with van der Waals surface area (Å²) in [5, 5.41) is 0.460. The Balaban J connectivity index is 1.33. The second-order valence-electron chi connectivity index (χ2n) is 7.51. The largest absolute Gasteiger partial charge is 0.497 e. The lowest BCUT2D eigenvalue weighted by Gasteiger charge is -2.34. The molecule has 1 aromatic carbocycles. The highest BCUT2D eigenvalue weighted by molar-refractivity contribution is 7.98. The van der Waals surface area contributed by atoms with Gasteiger partial charge in [-0.05, 0) is 29.8 Å². The summed E-state index contributed by atoms with van der Waals surface area (Å²) in [6, 6.07) is 12.3. The zero-order valence-electron chi connectivity index (χ0n) is 18.2. The molecule has 0 spiro atoms. The van der Waals surface area contributed by atoms with Crippen LogP contribution in [0.3, 0.4) is 0 Å². The lowest BCUT2D eigenvalue weighted by Crippen LogP contribution is -2.51. The summed E-state index contributed by atoms with van der Waals surface area (Å²) in [6.45, 7) is 1.70. The Labute approximate surface area is 194 Å². The molecule has 172 valence electrons. The number of ether oxygens (including phenoxy) is 1. The summed E-state index contributed by atoms with van der Waals surface area (Å²) in [5.74, 6) is 1.35. The molecule has 3 aromatic rings. The van der Waals surface area contributed by atoms with Crippen molar-refractivity contribution in [3.63, 3.8) is 0 Å². The van der Waals surface area contributed by atoms with Gasteiger partial charge in [-0.15, -0.1) is 0 Å². The van der Waals surface area contributed by atoms with Gasteiger partial charge >= 0.3 is 0 Å². The third-order valence-corrected chi connectivity index (χ3v) is 6.21. The van der Waals surface area contributed by atoms with Crippen molar-refractivity contribution in [1.29, 1.82) is 0 Å². The van der Waals surface area contributed by atoms with E-state index in [1.54, 1.807) is 29.0 Å². The first-order valence-corrected chi connectivity index (χ1v) is 11.5. The molecule has 4 rings (SSSR count). The number of nitrogens with one attached hydrogen (secondary N) is 1. The Hall–Kier alpha value is -3.53. The number of H-pyrrole nitrogens is 1. The van der Waals surface area contributed by atoms with E-state index in [1.807, 2.05) is 24.3 Å². The quantitative estimate of drug-likeness (QED) is 0.418. The number of methoxy groups -OCH3 is 1. The molecule has 0 saturated carbocycles. The highest BCUT2D eigenvalue weighted by Crippen LogP contribution is 2.21. The van der Waals surface area contributed by atoms with Gasteiger partial charge in [0.15, 0.2) is 10.9 Å². The van der Waals surface area contributed by atoms with Crippen molar-refractivity contribution in [2.75, 3.05) is 33.3 Å². The molecule has 2 amide bonds. The third-order valence-electron chi connectivity index (χ3n) is 5.27. The topological polar surface area (TPSA) is 109 Å².